The number of hydrogen-bond donors (Lipinski definition) is 1. The second-order valence-corrected chi connectivity index (χ2v) is 6.83. The van der Waals surface area contributed by atoms with E-state index >= 15 is 0 Å². The third-order valence-electron chi connectivity index (χ3n) is 5.01. The van der Waals surface area contributed by atoms with E-state index in [0.717, 1.165) is 17.7 Å². The Bertz CT molecular complexity index is 706. The molecule has 0 saturated heterocycles. The number of hydrogen-bond acceptors (Lipinski definition) is 3. The van der Waals surface area contributed by atoms with Gasteiger partial charge in [0.25, 0.3) is 0 Å². The Morgan fingerprint density at radius 2 is 1.85 bits per heavy atom. The number of carbonyl (C=O) groups excluding carboxylic acids is 1. The van der Waals surface area contributed by atoms with Crippen LogP contribution in [0, 0.1) is 5.92 Å². The normalized spacial score (nSPS) is 19.2. The first-order valence-electron chi connectivity index (χ1n) is 8.83. The second-order valence-electron chi connectivity index (χ2n) is 6.83. The van der Waals surface area contributed by atoms with Crippen molar-refractivity contribution in [2.24, 2.45) is 11.7 Å². The highest BCUT2D eigenvalue weighted by Gasteiger charge is 2.45. The lowest BCUT2D eigenvalue weighted by Gasteiger charge is -2.23. The van der Waals surface area contributed by atoms with Gasteiger partial charge in [-0.1, -0.05) is 42.5 Å². The van der Waals surface area contributed by atoms with E-state index in [1.807, 2.05) is 56.4 Å². The van der Waals surface area contributed by atoms with Crippen molar-refractivity contribution in [1.29, 1.82) is 0 Å². The van der Waals surface area contributed by atoms with Gasteiger partial charge >= 0.3 is 0 Å². The maximum atomic E-state index is 12.5. The lowest BCUT2D eigenvalue weighted by atomic mass is 10.1. The first-order valence-corrected chi connectivity index (χ1v) is 8.83. The summed E-state index contributed by atoms with van der Waals surface area (Å²) in [5.41, 5.74) is 8.01. The lowest BCUT2D eigenvalue weighted by Crippen LogP contribution is -2.40. The molecular weight excluding hydrogens is 348 g/mol. The Morgan fingerprint density at radius 1 is 1.19 bits per heavy atom. The number of nitrogens with two attached hydrogens (primary N) is 1. The molecule has 26 heavy (non-hydrogen) atoms. The van der Waals surface area contributed by atoms with Gasteiger partial charge in [-0.05, 0) is 42.5 Å². The van der Waals surface area contributed by atoms with Crippen LogP contribution >= 0.6 is 12.4 Å². The Kier molecular flexibility index (Phi) is 7.06. The van der Waals surface area contributed by atoms with Crippen LogP contribution in [-0.2, 0) is 11.4 Å². The smallest absolute Gasteiger partial charge is 0.226 e. The minimum atomic E-state index is 0. The fourth-order valence-corrected chi connectivity index (χ4v) is 3.03. The van der Waals surface area contributed by atoms with E-state index in [1.165, 1.54) is 5.56 Å². The molecule has 1 amide bonds. The molecule has 1 aliphatic carbocycles. The molecule has 1 fully saturated rings. The van der Waals surface area contributed by atoms with Crippen molar-refractivity contribution >= 4 is 18.3 Å². The Balaban J connectivity index is 0.00000243. The summed E-state index contributed by atoms with van der Waals surface area (Å²) in [4.78, 5) is 14.2. The molecular formula is C21H27ClN2O2. The third-order valence-corrected chi connectivity index (χ3v) is 5.01. The maximum Gasteiger partial charge on any atom is 0.226 e. The first-order chi connectivity index (χ1) is 12.1. The second kappa shape index (κ2) is 9.06. The van der Waals surface area contributed by atoms with Gasteiger partial charge < -0.3 is 15.4 Å². The molecule has 2 aromatic rings. The molecule has 2 N–H and O–H groups in total. The van der Waals surface area contributed by atoms with Crippen LogP contribution in [0.2, 0.25) is 0 Å². The van der Waals surface area contributed by atoms with Gasteiger partial charge in [-0.25, -0.2) is 0 Å². The molecule has 3 atom stereocenters. The summed E-state index contributed by atoms with van der Waals surface area (Å²) in [6.07, 6.45) is 0.921. The molecule has 0 aliphatic heterocycles. The number of likely N-dealkylation sites (N-methyl/N-ethyl adjacent to an activating group) is 1. The molecule has 5 heteroatoms. The molecule has 3 unspecified atom stereocenters. The summed E-state index contributed by atoms with van der Waals surface area (Å²) in [7, 11) is 1.84. The van der Waals surface area contributed by atoms with E-state index in [0.29, 0.717) is 19.1 Å². The minimum absolute atomic E-state index is 0. The van der Waals surface area contributed by atoms with Gasteiger partial charge in [-0.2, -0.15) is 0 Å². The van der Waals surface area contributed by atoms with Crippen LogP contribution in [0.5, 0.6) is 5.75 Å². The molecule has 1 aliphatic rings. The standard InChI is InChI=1S/C21H26N2O2.ClH/c1-15(13-22)23(2)21(24)20-12-19(20)17-8-10-18(11-9-17)25-14-16-6-4-3-5-7-16;/h3-11,15,19-20H,12-14,22H2,1-2H3;1H. The van der Waals surface area contributed by atoms with Crippen LogP contribution in [0.25, 0.3) is 0 Å². The molecule has 0 bridgehead atoms. The van der Waals surface area contributed by atoms with Crippen molar-refractivity contribution in [1.82, 2.24) is 4.90 Å². The fraction of sp³-hybridized carbons (Fsp3) is 0.381. The van der Waals surface area contributed by atoms with Gasteiger partial charge in [0.05, 0.1) is 0 Å². The van der Waals surface area contributed by atoms with Crippen LogP contribution < -0.4 is 10.5 Å². The molecule has 0 heterocycles. The highest BCUT2D eigenvalue weighted by molar-refractivity contribution is 5.85. The predicted molar refractivity (Wildman–Crippen MR) is 107 cm³/mol. The minimum Gasteiger partial charge on any atom is -0.489 e. The molecule has 2 aromatic carbocycles. The number of benzene rings is 2. The van der Waals surface area contributed by atoms with E-state index in [4.69, 9.17) is 10.5 Å². The van der Waals surface area contributed by atoms with Crippen molar-refractivity contribution in [2.45, 2.75) is 31.9 Å². The summed E-state index contributed by atoms with van der Waals surface area (Å²) in [5, 5.41) is 0. The van der Waals surface area contributed by atoms with E-state index in [9.17, 15) is 4.79 Å². The van der Waals surface area contributed by atoms with E-state index in [2.05, 4.69) is 12.1 Å². The largest absolute Gasteiger partial charge is 0.489 e. The van der Waals surface area contributed by atoms with Crippen molar-refractivity contribution < 1.29 is 9.53 Å². The van der Waals surface area contributed by atoms with Crippen LogP contribution in [0.4, 0.5) is 0 Å². The SMILES string of the molecule is CC(CN)N(C)C(=O)C1CC1c1ccc(OCc2ccccc2)cc1.Cl. The van der Waals surface area contributed by atoms with Crippen molar-refractivity contribution in [3.63, 3.8) is 0 Å². The highest BCUT2D eigenvalue weighted by Crippen LogP contribution is 2.48. The average molecular weight is 375 g/mol. The fourth-order valence-electron chi connectivity index (χ4n) is 3.03. The van der Waals surface area contributed by atoms with Crippen LogP contribution in [-0.4, -0.2) is 30.4 Å². The quantitative estimate of drug-likeness (QED) is 0.805. The number of amides is 1. The highest BCUT2D eigenvalue weighted by atomic mass is 35.5. The zero-order valence-electron chi connectivity index (χ0n) is 15.3. The number of ether oxygens (including phenoxy) is 1. The predicted octanol–water partition coefficient (Wildman–Crippen LogP) is 3.60. The van der Waals surface area contributed by atoms with Crippen LogP contribution in [0.3, 0.4) is 0 Å². The van der Waals surface area contributed by atoms with Gasteiger partial charge in [0, 0.05) is 25.6 Å². The first kappa shape index (κ1) is 20.3. The maximum absolute atomic E-state index is 12.5. The zero-order valence-corrected chi connectivity index (χ0v) is 16.1. The Labute approximate surface area is 161 Å². The van der Waals surface area contributed by atoms with Gasteiger partial charge in [-0.15, -0.1) is 12.4 Å². The number of carbonyl (C=O) groups is 1. The summed E-state index contributed by atoms with van der Waals surface area (Å²) in [6.45, 7) is 3.04. The number of halogens is 1. The molecule has 1 saturated carbocycles. The topological polar surface area (TPSA) is 55.6 Å². The molecule has 0 spiro atoms. The average Bonchev–Trinajstić information content (AvgIpc) is 3.46. The molecule has 140 valence electrons. The zero-order chi connectivity index (χ0) is 17.8. The molecule has 4 nitrogen and oxygen atoms in total. The van der Waals surface area contributed by atoms with Crippen LogP contribution in [0.15, 0.2) is 54.6 Å². The van der Waals surface area contributed by atoms with Gasteiger partial charge in [0.2, 0.25) is 5.91 Å². The summed E-state index contributed by atoms with van der Waals surface area (Å²) in [5.74, 6) is 1.47. The van der Waals surface area contributed by atoms with E-state index in [-0.39, 0.29) is 30.3 Å². The number of nitrogens with zero attached hydrogens (tertiary/aromatic N) is 1. The summed E-state index contributed by atoms with van der Waals surface area (Å²) >= 11 is 0. The van der Waals surface area contributed by atoms with Gasteiger partial charge in [0.1, 0.15) is 12.4 Å². The van der Waals surface area contributed by atoms with Gasteiger partial charge in [-0.3, -0.25) is 4.79 Å². The van der Waals surface area contributed by atoms with Crippen molar-refractivity contribution in [2.75, 3.05) is 13.6 Å². The molecule has 0 radical (unpaired) electrons. The summed E-state index contributed by atoms with van der Waals surface area (Å²) in [6, 6.07) is 18.3. The Hall–Kier alpha value is -2.04. The van der Waals surface area contributed by atoms with E-state index < -0.39 is 0 Å². The molecule has 0 aromatic heterocycles. The third kappa shape index (κ3) is 4.77. The van der Waals surface area contributed by atoms with Crippen LogP contribution in [0.1, 0.15) is 30.4 Å². The molecule has 3 rings (SSSR count). The van der Waals surface area contributed by atoms with Crippen molar-refractivity contribution in [3.8, 4) is 5.75 Å². The van der Waals surface area contributed by atoms with Crippen molar-refractivity contribution in [3.05, 3.63) is 65.7 Å². The lowest BCUT2D eigenvalue weighted by molar-refractivity contribution is -0.133. The monoisotopic (exact) mass is 374 g/mol. The van der Waals surface area contributed by atoms with Gasteiger partial charge in [0.15, 0.2) is 0 Å². The Morgan fingerprint density at radius 3 is 2.46 bits per heavy atom. The summed E-state index contributed by atoms with van der Waals surface area (Å²) < 4.78 is 5.82. The number of rotatable bonds is 7. The van der Waals surface area contributed by atoms with E-state index in [1.54, 1.807) is 4.90 Å².